The number of nitrogens with zero attached hydrogens (tertiary/aromatic N) is 2. The summed E-state index contributed by atoms with van der Waals surface area (Å²) in [6, 6.07) is 1.32. The third-order valence-corrected chi connectivity index (χ3v) is 4.94. The van der Waals surface area contributed by atoms with Crippen LogP contribution in [0.3, 0.4) is 0 Å². The Kier molecular flexibility index (Phi) is 3.29. The second kappa shape index (κ2) is 4.44. The van der Waals surface area contributed by atoms with Crippen molar-refractivity contribution in [2.45, 2.75) is 17.7 Å². The van der Waals surface area contributed by atoms with E-state index in [1.54, 1.807) is 7.05 Å². The molecule has 0 saturated carbocycles. The maximum absolute atomic E-state index is 12.2. The first-order chi connectivity index (χ1) is 7.93. The van der Waals surface area contributed by atoms with Gasteiger partial charge in [-0.15, -0.1) is 0 Å². The SMILES string of the molecule is Cn1cc(S(=O)(=O)N2CCCC2)cc1C(=O)Cl. The molecule has 2 heterocycles. The third kappa shape index (κ3) is 2.25. The van der Waals surface area contributed by atoms with Crippen LogP contribution in [0.15, 0.2) is 17.2 Å². The van der Waals surface area contributed by atoms with Crippen molar-refractivity contribution in [3.63, 3.8) is 0 Å². The maximum atomic E-state index is 12.2. The zero-order chi connectivity index (χ0) is 12.6. The highest BCUT2D eigenvalue weighted by Gasteiger charge is 2.29. The van der Waals surface area contributed by atoms with Crippen LogP contribution in [-0.4, -0.2) is 35.6 Å². The van der Waals surface area contributed by atoms with E-state index in [0.717, 1.165) is 12.8 Å². The summed E-state index contributed by atoms with van der Waals surface area (Å²) in [5.74, 6) is 0. The van der Waals surface area contributed by atoms with Gasteiger partial charge in [0, 0.05) is 26.3 Å². The smallest absolute Gasteiger partial charge is 0.268 e. The number of hydrogen-bond acceptors (Lipinski definition) is 3. The molecule has 1 aliphatic heterocycles. The first kappa shape index (κ1) is 12.6. The predicted octanol–water partition coefficient (Wildman–Crippen LogP) is 1.19. The zero-order valence-electron chi connectivity index (χ0n) is 9.39. The minimum absolute atomic E-state index is 0.130. The Morgan fingerprint density at radius 2 is 1.94 bits per heavy atom. The van der Waals surface area contributed by atoms with Crippen LogP contribution in [0.1, 0.15) is 23.3 Å². The second-order valence-corrected chi connectivity index (χ2v) is 6.34. The summed E-state index contributed by atoms with van der Waals surface area (Å²) in [6.07, 6.45) is 3.18. The molecule has 0 bridgehead atoms. The van der Waals surface area contributed by atoms with Gasteiger partial charge >= 0.3 is 0 Å². The summed E-state index contributed by atoms with van der Waals surface area (Å²) >= 11 is 5.36. The van der Waals surface area contributed by atoms with E-state index in [0.29, 0.717) is 13.1 Å². The maximum Gasteiger partial charge on any atom is 0.268 e. The first-order valence-electron chi connectivity index (χ1n) is 5.29. The molecule has 1 saturated heterocycles. The summed E-state index contributed by atoms with van der Waals surface area (Å²) in [5, 5.41) is -0.657. The molecule has 0 aliphatic carbocycles. The van der Waals surface area contributed by atoms with E-state index in [4.69, 9.17) is 11.6 Å². The van der Waals surface area contributed by atoms with Gasteiger partial charge < -0.3 is 4.57 Å². The van der Waals surface area contributed by atoms with E-state index in [1.165, 1.54) is 21.1 Å². The van der Waals surface area contributed by atoms with Crippen LogP contribution < -0.4 is 0 Å². The van der Waals surface area contributed by atoms with Crippen molar-refractivity contribution in [3.8, 4) is 0 Å². The van der Waals surface area contributed by atoms with E-state index in [2.05, 4.69) is 0 Å². The monoisotopic (exact) mass is 276 g/mol. The molecule has 5 nitrogen and oxygen atoms in total. The van der Waals surface area contributed by atoms with Crippen molar-refractivity contribution in [3.05, 3.63) is 18.0 Å². The molecule has 1 aromatic heterocycles. The van der Waals surface area contributed by atoms with Gasteiger partial charge in [0.1, 0.15) is 10.6 Å². The molecular formula is C10H13ClN2O3S. The molecule has 0 unspecified atom stereocenters. The van der Waals surface area contributed by atoms with Gasteiger partial charge in [0.15, 0.2) is 0 Å². The third-order valence-electron chi connectivity index (χ3n) is 2.88. The minimum atomic E-state index is -3.47. The quantitative estimate of drug-likeness (QED) is 0.779. The number of aryl methyl sites for hydroxylation is 1. The molecule has 0 amide bonds. The van der Waals surface area contributed by atoms with Crippen LogP contribution in [0.2, 0.25) is 0 Å². The number of hydrogen-bond donors (Lipinski definition) is 0. The lowest BCUT2D eigenvalue weighted by atomic mass is 10.4. The Labute approximate surface area is 105 Å². The fourth-order valence-corrected chi connectivity index (χ4v) is 3.73. The van der Waals surface area contributed by atoms with Crippen LogP contribution in [0, 0.1) is 0 Å². The van der Waals surface area contributed by atoms with E-state index in [9.17, 15) is 13.2 Å². The lowest BCUT2D eigenvalue weighted by Crippen LogP contribution is -2.27. The Balaban J connectivity index is 2.40. The number of sulfonamides is 1. The van der Waals surface area contributed by atoms with Gasteiger partial charge in [-0.1, -0.05) is 0 Å². The molecule has 0 atom stereocenters. The van der Waals surface area contributed by atoms with E-state index < -0.39 is 15.3 Å². The van der Waals surface area contributed by atoms with Gasteiger partial charge in [-0.05, 0) is 30.5 Å². The molecule has 17 heavy (non-hydrogen) atoms. The topological polar surface area (TPSA) is 59.4 Å². The minimum Gasteiger partial charge on any atom is -0.346 e. The molecule has 7 heteroatoms. The van der Waals surface area contributed by atoms with Crippen LogP contribution in [0.25, 0.3) is 0 Å². The van der Waals surface area contributed by atoms with E-state index in [-0.39, 0.29) is 10.6 Å². The van der Waals surface area contributed by atoms with Gasteiger partial charge in [0.25, 0.3) is 5.24 Å². The van der Waals surface area contributed by atoms with Crippen molar-refractivity contribution in [1.29, 1.82) is 0 Å². The Bertz CT molecular complexity index is 544. The molecular weight excluding hydrogens is 264 g/mol. The predicted molar refractivity (Wildman–Crippen MR) is 63.6 cm³/mol. The summed E-state index contributed by atoms with van der Waals surface area (Å²) < 4.78 is 27.2. The van der Waals surface area contributed by atoms with Crippen LogP contribution >= 0.6 is 11.6 Å². The summed E-state index contributed by atoms with van der Waals surface area (Å²) in [4.78, 5) is 11.2. The number of rotatable bonds is 3. The fourth-order valence-electron chi connectivity index (χ4n) is 1.95. The summed E-state index contributed by atoms with van der Waals surface area (Å²) in [5.41, 5.74) is 0.185. The van der Waals surface area contributed by atoms with Gasteiger partial charge in [-0.25, -0.2) is 8.42 Å². The largest absolute Gasteiger partial charge is 0.346 e. The van der Waals surface area contributed by atoms with Gasteiger partial charge in [0.05, 0.1) is 0 Å². The summed E-state index contributed by atoms with van der Waals surface area (Å²) in [6.45, 7) is 1.09. The van der Waals surface area contributed by atoms with Crippen LogP contribution in [0.5, 0.6) is 0 Å². The van der Waals surface area contributed by atoms with Gasteiger partial charge in [-0.2, -0.15) is 4.31 Å². The van der Waals surface area contributed by atoms with Crippen molar-refractivity contribution in [2.75, 3.05) is 13.1 Å². The van der Waals surface area contributed by atoms with E-state index in [1.807, 2.05) is 0 Å². The zero-order valence-corrected chi connectivity index (χ0v) is 11.0. The highest BCUT2D eigenvalue weighted by molar-refractivity contribution is 7.89. The summed E-state index contributed by atoms with van der Waals surface area (Å²) in [7, 11) is -1.88. The van der Waals surface area contributed by atoms with Crippen LogP contribution in [-0.2, 0) is 17.1 Å². The Morgan fingerprint density at radius 1 is 1.35 bits per heavy atom. The van der Waals surface area contributed by atoms with Crippen molar-refractivity contribution in [1.82, 2.24) is 8.87 Å². The van der Waals surface area contributed by atoms with Crippen molar-refractivity contribution >= 4 is 26.9 Å². The fraction of sp³-hybridized carbons (Fsp3) is 0.500. The molecule has 1 aliphatic rings. The second-order valence-electron chi connectivity index (χ2n) is 4.06. The molecule has 0 spiro atoms. The highest BCUT2D eigenvalue weighted by Crippen LogP contribution is 2.22. The van der Waals surface area contributed by atoms with Gasteiger partial charge in [-0.3, -0.25) is 4.79 Å². The van der Waals surface area contributed by atoms with Crippen molar-refractivity contribution in [2.24, 2.45) is 7.05 Å². The average Bonchev–Trinajstić information content (AvgIpc) is 2.84. The van der Waals surface area contributed by atoms with Gasteiger partial charge in [0.2, 0.25) is 10.0 Å². The molecule has 1 fully saturated rings. The first-order valence-corrected chi connectivity index (χ1v) is 7.11. The average molecular weight is 277 g/mol. The molecule has 0 N–H and O–H groups in total. The number of carbonyl (C=O) groups is 1. The molecule has 0 radical (unpaired) electrons. The Morgan fingerprint density at radius 3 is 2.41 bits per heavy atom. The molecule has 0 aromatic carbocycles. The Hall–Kier alpha value is -0.850. The molecule has 2 rings (SSSR count). The lowest BCUT2D eigenvalue weighted by Gasteiger charge is -2.13. The number of aromatic nitrogens is 1. The molecule has 94 valence electrons. The standard InChI is InChI=1S/C10H13ClN2O3S/c1-12-7-8(6-9(12)10(11)14)17(15,16)13-4-2-3-5-13/h6-7H,2-5H2,1H3. The van der Waals surface area contributed by atoms with Crippen molar-refractivity contribution < 1.29 is 13.2 Å². The normalized spacial score (nSPS) is 17.5. The molecule has 1 aromatic rings. The number of halogens is 1. The van der Waals surface area contributed by atoms with Crippen LogP contribution in [0.4, 0.5) is 0 Å². The number of carbonyl (C=O) groups excluding carboxylic acids is 1. The highest BCUT2D eigenvalue weighted by atomic mass is 35.5. The lowest BCUT2D eigenvalue weighted by molar-refractivity contribution is 0.107. The van der Waals surface area contributed by atoms with E-state index >= 15 is 0 Å².